The summed E-state index contributed by atoms with van der Waals surface area (Å²) in [6.45, 7) is 7.16. The zero-order valence-corrected chi connectivity index (χ0v) is 12.2. The Kier molecular flexibility index (Phi) is 5.32. The highest BCUT2D eigenvalue weighted by Gasteiger charge is 2.35. The van der Waals surface area contributed by atoms with Crippen molar-refractivity contribution in [2.45, 2.75) is 39.3 Å². The van der Waals surface area contributed by atoms with Crippen LogP contribution < -0.4 is 10.9 Å². The average molecular weight is 287 g/mol. The van der Waals surface area contributed by atoms with Crippen LogP contribution in [0.25, 0.3) is 0 Å². The first-order valence-electron chi connectivity index (χ1n) is 6.34. The van der Waals surface area contributed by atoms with E-state index in [9.17, 15) is 14.4 Å². The number of morpholine rings is 1. The van der Waals surface area contributed by atoms with Gasteiger partial charge in [-0.2, -0.15) is 0 Å². The van der Waals surface area contributed by atoms with Crippen molar-refractivity contribution in [3.05, 3.63) is 0 Å². The smallest absolute Gasteiger partial charge is 0.411 e. The van der Waals surface area contributed by atoms with Crippen LogP contribution in [0.15, 0.2) is 0 Å². The Morgan fingerprint density at radius 1 is 1.25 bits per heavy atom. The molecule has 0 aromatic carbocycles. The number of amides is 3. The number of hydrazine groups is 1. The predicted octanol–water partition coefficient (Wildman–Crippen LogP) is -0.210. The molecule has 0 aromatic heterocycles. The Bertz CT molecular complexity index is 391. The molecule has 1 aliphatic heterocycles. The SMILES string of the molecule is CC(=O)NNC(=O)[C@@H]1COCCN1C(=O)OC(C)(C)C. The maximum atomic E-state index is 12.0. The van der Waals surface area contributed by atoms with E-state index in [0.717, 1.165) is 0 Å². The van der Waals surface area contributed by atoms with E-state index in [1.807, 2.05) is 0 Å². The minimum absolute atomic E-state index is 0.0602. The number of hydrogen-bond acceptors (Lipinski definition) is 5. The van der Waals surface area contributed by atoms with Crippen LogP contribution in [0, 0.1) is 0 Å². The van der Waals surface area contributed by atoms with Crippen LogP contribution in [0.1, 0.15) is 27.7 Å². The van der Waals surface area contributed by atoms with E-state index in [2.05, 4.69) is 10.9 Å². The molecule has 1 aliphatic rings. The lowest BCUT2D eigenvalue weighted by atomic mass is 10.2. The molecular weight excluding hydrogens is 266 g/mol. The second-order valence-corrected chi connectivity index (χ2v) is 5.43. The molecule has 0 spiro atoms. The number of nitrogens with one attached hydrogen (secondary N) is 2. The highest BCUT2D eigenvalue weighted by Crippen LogP contribution is 2.14. The van der Waals surface area contributed by atoms with Crippen molar-refractivity contribution in [1.82, 2.24) is 15.8 Å². The Labute approximate surface area is 117 Å². The largest absolute Gasteiger partial charge is 0.444 e. The molecule has 1 heterocycles. The Balaban J connectivity index is 2.68. The monoisotopic (exact) mass is 287 g/mol. The van der Waals surface area contributed by atoms with E-state index in [4.69, 9.17) is 9.47 Å². The fourth-order valence-electron chi connectivity index (χ4n) is 1.59. The van der Waals surface area contributed by atoms with Gasteiger partial charge in [-0.25, -0.2) is 4.79 Å². The summed E-state index contributed by atoms with van der Waals surface area (Å²) in [5, 5.41) is 0. The van der Waals surface area contributed by atoms with Crippen molar-refractivity contribution < 1.29 is 23.9 Å². The number of carbonyl (C=O) groups is 3. The zero-order valence-electron chi connectivity index (χ0n) is 12.2. The average Bonchev–Trinajstić information content (AvgIpc) is 2.33. The first kappa shape index (κ1) is 16.2. The van der Waals surface area contributed by atoms with Crippen LogP contribution >= 0.6 is 0 Å². The summed E-state index contributed by atoms with van der Waals surface area (Å²) in [4.78, 5) is 36.0. The van der Waals surface area contributed by atoms with Crippen LogP contribution in [-0.2, 0) is 19.1 Å². The van der Waals surface area contributed by atoms with Gasteiger partial charge in [0.15, 0.2) is 0 Å². The molecule has 0 aromatic rings. The zero-order chi connectivity index (χ0) is 15.3. The van der Waals surface area contributed by atoms with Crippen LogP contribution in [-0.4, -0.2) is 54.2 Å². The van der Waals surface area contributed by atoms with Gasteiger partial charge in [0, 0.05) is 13.5 Å². The quantitative estimate of drug-likeness (QED) is 0.650. The van der Waals surface area contributed by atoms with Gasteiger partial charge in [0.1, 0.15) is 11.6 Å². The molecule has 1 atom stereocenters. The standard InChI is InChI=1S/C12H21N3O5/c1-8(16)13-14-10(17)9-7-19-6-5-15(9)11(18)20-12(2,3)4/h9H,5-7H2,1-4H3,(H,13,16)(H,14,17)/t9-/m0/s1. The fourth-order valence-corrected chi connectivity index (χ4v) is 1.59. The van der Waals surface area contributed by atoms with Crippen molar-refractivity contribution in [3.8, 4) is 0 Å². The van der Waals surface area contributed by atoms with Crippen LogP contribution in [0.2, 0.25) is 0 Å². The summed E-state index contributed by atoms with van der Waals surface area (Å²) in [5.74, 6) is -0.926. The normalized spacial score (nSPS) is 19.2. The van der Waals surface area contributed by atoms with Crippen LogP contribution in [0.5, 0.6) is 0 Å². The van der Waals surface area contributed by atoms with Crippen molar-refractivity contribution in [2.24, 2.45) is 0 Å². The summed E-state index contributed by atoms with van der Waals surface area (Å²) in [7, 11) is 0. The van der Waals surface area contributed by atoms with Gasteiger partial charge in [-0.1, -0.05) is 0 Å². The first-order chi connectivity index (χ1) is 9.20. The summed E-state index contributed by atoms with van der Waals surface area (Å²) < 4.78 is 10.4. The maximum Gasteiger partial charge on any atom is 0.411 e. The van der Waals surface area contributed by atoms with Gasteiger partial charge in [-0.05, 0) is 20.8 Å². The second-order valence-electron chi connectivity index (χ2n) is 5.43. The molecule has 0 bridgehead atoms. The molecule has 20 heavy (non-hydrogen) atoms. The van der Waals surface area contributed by atoms with Crippen LogP contribution in [0.4, 0.5) is 4.79 Å². The fraction of sp³-hybridized carbons (Fsp3) is 0.750. The molecule has 2 N–H and O–H groups in total. The van der Waals surface area contributed by atoms with Gasteiger partial charge >= 0.3 is 6.09 Å². The summed E-state index contributed by atoms with van der Waals surface area (Å²) in [6, 6.07) is -0.828. The molecule has 0 radical (unpaired) electrons. The minimum atomic E-state index is -0.828. The van der Waals surface area contributed by atoms with Gasteiger partial charge in [0.25, 0.3) is 5.91 Å². The number of rotatable bonds is 1. The van der Waals surface area contributed by atoms with Crippen molar-refractivity contribution in [1.29, 1.82) is 0 Å². The van der Waals surface area contributed by atoms with Gasteiger partial charge in [-0.3, -0.25) is 25.3 Å². The molecule has 1 rings (SSSR count). The van der Waals surface area contributed by atoms with Gasteiger partial charge < -0.3 is 9.47 Å². The Hall–Kier alpha value is -1.83. The van der Waals surface area contributed by atoms with E-state index in [-0.39, 0.29) is 13.2 Å². The lowest BCUT2D eigenvalue weighted by molar-refractivity contribution is -0.136. The molecule has 8 heteroatoms. The van der Waals surface area contributed by atoms with E-state index < -0.39 is 29.6 Å². The molecule has 8 nitrogen and oxygen atoms in total. The van der Waals surface area contributed by atoms with Crippen molar-refractivity contribution in [3.63, 3.8) is 0 Å². The molecule has 0 unspecified atom stereocenters. The van der Waals surface area contributed by atoms with Gasteiger partial charge in [-0.15, -0.1) is 0 Å². The highest BCUT2D eigenvalue weighted by atomic mass is 16.6. The Morgan fingerprint density at radius 2 is 1.90 bits per heavy atom. The molecule has 1 saturated heterocycles. The number of nitrogens with zero attached hydrogens (tertiary/aromatic N) is 1. The highest BCUT2D eigenvalue weighted by molar-refractivity contribution is 5.87. The number of ether oxygens (including phenoxy) is 2. The third-order valence-corrected chi connectivity index (χ3v) is 2.42. The van der Waals surface area contributed by atoms with E-state index in [0.29, 0.717) is 6.61 Å². The van der Waals surface area contributed by atoms with E-state index in [1.165, 1.54) is 11.8 Å². The van der Waals surface area contributed by atoms with E-state index in [1.54, 1.807) is 20.8 Å². The summed E-state index contributed by atoms with van der Waals surface area (Å²) in [6.07, 6.45) is -0.580. The second kappa shape index (κ2) is 6.56. The Morgan fingerprint density at radius 3 is 2.45 bits per heavy atom. The molecule has 114 valence electrons. The maximum absolute atomic E-state index is 12.0. The lowest BCUT2D eigenvalue weighted by Gasteiger charge is -2.35. The predicted molar refractivity (Wildman–Crippen MR) is 69.5 cm³/mol. The number of carbonyl (C=O) groups excluding carboxylic acids is 3. The molecule has 0 saturated carbocycles. The molecule has 0 aliphatic carbocycles. The van der Waals surface area contributed by atoms with Crippen LogP contribution in [0.3, 0.4) is 0 Å². The van der Waals surface area contributed by atoms with Crippen molar-refractivity contribution in [2.75, 3.05) is 19.8 Å². The minimum Gasteiger partial charge on any atom is -0.444 e. The van der Waals surface area contributed by atoms with Gasteiger partial charge in [0.2, 0.25) is 5.91 Å². The third-order valence-electron chi connectivity index (χ3n) is 2.42. The number of hydrogen-bond donors (Lipinski definition) is 2. The summed E-state index contributed by atoms with van der Waals surface area (Å²) >= 11 is 0. The molecular formula is C12H21N3O5. The lowest BCUT2D eigenvalue weighted by Crippen LogP contribution is -2.59. The first-order valence-corrected chi connectivity index (χ1v) is 6.34. The molecule has 1 fully saturated rings. The van der Waals surface area contributed by atoms with E-state index >= 15 is 0 Å². The topological polar surface area (TPSA) is 97.0 Å². The molecule has 3 amide bonds. The third kappa shape index (κ3) is 5.04. The summed E-state index contributed by atoms with van der Waals surface area (Å²) in [5.41, 5.74) is 3.76. The van der Waals surface area contributed by atoms with Crippen molar-refractivity contribution >= 4 is 17.9 Å². The van der Waals surface area contributed by atoms with Gasteiger partial charge in [0.05, 0.1) is 13.2 Å².